The summed E-state index contributed by atoms with van der Waals surface area (Å²) < 4.78 is 13.0. The fourth-order valence-corrected chi connectivity index (χ4v) is 2.59. The van der Waals surface area contributed by atoms with Gasteiger partial charge in [-0.2, -0.15) is 0 Å². The maximum Gasteiger partial charge on any atom is 0.239 e. The number of carbonyl (C=O) groups excluding carboxylic acids is 2. The fraction of sp³-hybridized carbons (Fsp3) is 0.190. The summed E-state index contributed by atoms with van der Waals surface area (Å²) in [5.41, 5.74) is 0.671. The van der Waals surface area contributed by atoms with Gasteiger partial charge in [-0.15, -0.1) is 0 Å². The van der Waals surface area contributed by atoms with E-state index in [1.54, 1.807) is 38.2 Å². The molecule has 3 rings (SSSR count). The van der Waals surface area contributed by atoms with Crippen molar-refractivity contribution in [2.75, 3.05) is 5.32 Å². The van der Waals surface area contributed by atoms with Gasteiger partial charge >= 0.3 is 0 Å². The Morgan fingerprint density at radius 2 is 1.70 bits per heavy atom. The molecule has 0 bridgehead atoms. The van der Waals surface area contributed by atoms with Crippen LogP contribution in [0.3, 0.4) is 0 Å². The Labute approximate surface area is 156 Å². The van der Waals surface area contributed by atoms with Crippen LogP contribution in [-0.4, -0.2) is 16.8 Å². The highest BCUT2D eigenvalue weighted by atomic mass is 19.1. The van der Waals surface area contributed by atoms with Crippen molar-refractivity contribution in [1.82, 2.24) is 10.3 Å². The van der Waals surface area contributed by atoms with Crippen LogP contribution in [0.15, 0.2) is 60.8 Å². The maximum absolute atomic E-state index is 13.0. The van der Waals surface area contributed by atoms with Gasteiger partial charge in [0.25, 0.3) is 0 Å². The SMILES string of the molecule is CC(C)(C(=O)NCc1ccc(F)cc1)C(=O)Nc1cccc2cccnc12. The monoisotopic (exact) mass is 365 g/mol. The molecule has 0 aliphatic heterocycles. The van der Waals surface area contributed by atoms with E-state index in [2.05, 4.69) is 15.6 Å². The van der Waals surface area contributed by atoms with Gasteiger partial charge in [-0.05, 0) is 43.7 Å². The van der Waals surface area contributed by atoms with Crippen LogP contribution in [0.2, 0.25) is 0 Å². The average Bonchev–Trinajstić information content (AvgIpc) is 2.67. The number of pyridine rings is 1. The van der Waals surface area contributed by atoms with Gasteiger partial charge in [0.05, 0.1) is 11.2 Å². The van der Waals surface area contributed by atoms with Crippen molar-refractivity contribution in [3.8, 4) is 0 Å². The Balaban J connectivity index is 1.70. The van der Waals surface area contributed by atoms with E-state index in [1.807, 2.05) is 24.3 Å². The Kier molecular flexibility index (Phi) is 5.16. The second-order valence-electron chi connectivity index (χ2n) is 6.77. The first-order chi connectivity index (χ1) is 12.9. The van der Waals surface area contributed by atoms with Crippen LogP contribution < -0.4 is 10.6 Å². The first-order valence-electron chi connectivity index (χ1n) is 8.56. The molecule has 0 spiro atoms. The van der Waals surface area contributed by atoms with E-state index in [0.717, 1.165) is 10.9 Å². The molecule has 3 aromatic rings. The van der Waals surface area contributed by atoms with Crippen molar-refractivity contribution in [2.24, 2.45) is 5.41 Å². The summed E-state index contributed by atoms with van der Waals surface area (Å²) in [6, 6.07) is 15.0. The molecular formula is C21H20FN3O2. The van der Waals surface area contributed by atoms with Crippen LogP contribution in [0, 0.1) is 11.2 Å². The van der Waals surface area contributed by atoms with Crippen LogP contribution in [-0.2, 0) is 16.1 Å². The molecule has 1 heterocycles. The number of amides is 2. The number of halogens is 1. The highest BCUT2D eigenvalue weighted by molar-refractivity contribution is 6.12. The largest absolute Gasteiger partial charge is 0.351 e. The molecule has 0 aliphatic rings. The summed E-state index contributed by atoms with van der Waals surface area (Å²) in [4.78, 5) is 29.6. The molecule has 0 saturated heterocycles. The smallest absolute Gasteiger partial charge is 0.239 e. The maximum atomic E-state index is 13.0. The zero-order valence-corrected chi connectivity index (χ0v) is 15.1. The average molecular weight is 365 g/mol. The first kappa shape index (κ1) is 18.5. The van der Waals surface area contributed by atoms with Crippen molar-refractivity contribution in [2.45, 2.75) is 20.4 Å². The number of nitrogens with zero attached hydrogens (tertiary/aromatic N) is 1. The van der Waals surface area contributed by atoms with Crippen LogP contribution in [0.25, 0.3) is 10.9 Å². The highest BCUT2D eigenvalue weighted by Gasteiger charge is 2.36. The Morgan fingerprint density at radius 3 is 2.44 bits per heavy atom. The molecule has 0 aliphatic carbocycles. The summed E-state index contributed by atoms with van der Waals surface area (Å²) in [6.45, 7) is 3.33. The molecule has 2 N–H and O–H groups in total. The van der Waals surface area contributed by atoms with Gasteiger partial charge in [0.1, 0.15) is 11.2 Å². The van der Waals surface area contributed by atoms with E-state index >= 15 is 0 Å². The predicted octanol–water partition coefficient (Wildman–Crippen LogP) is 3.66. The molecule has 27 heavy (non-hydrogen) atoms. The van der Waals surface area contributed by atoms with Gasteiger partial charge in [0, 0.05) is 18.1 Å². The summed E-state index contributed by atoms with van der Waals surface area (Å²) in [6.07, 6.45) is 1.65. The third-order valence-electron chi connectivity index (χ3n) is 4.38. The molecule has 0 radical (unpaired) electrons. The van der Waals surface area contributed by atoms with Crippen molar-refractivity contribution in [3.05, 3.63) is 72.2 Å². The summed E-state index contributed by atoms with van der Waals surface area (Å²) in [7, 11) is 0. The lowest BCUT2D eigenvalue weighted by atomic mass is 9.90. The number of benzene rings is 2. The highest BCUT2D eigenvalue weighted by Crippen LogP contribution is 2.24. The molecule has 0 fully saturated rings. The summed E-state index contributed by atoms with van der Waals surface area (Å²) in [5.74, 6) is -1.19. The summed E-state index contributed by atoms with van der Waals surface area (Å²) >= 11 is 0. The minimum atomic E-state index is -1.29. The quantitative estimate of drug-likeness (QED) is 0.678. The molecule has 2 amide bonds. The van der Waals surface area contributed by atoms with Crippen LogP contribution >= 0.6 is 0 Å². The number of rotatable bonds is 5. The van der Waals surface area contributed by atoms with E-state index in [0.29, 0.717) is 11.2 Å². The molecule has 5 nitrogen and oxygen atoms in total. The van der Waals surface area contributed by atoms with E-state index < -0.39 is 17.2 Å². The number of hydrogen-bond acceptors (Lipinski definition) is 3. The lowest BCUT2D eigenvalue weighted by Crippen LogP contribution is -2.44. The molecule has 0 atom stereocenters. The number of carbonyl (C=O) groups is 2. The predicted molar refractivity (Wildman–Crippen MR) is 102 cm³/mol. The van der Waals surface area contributed by atoms with Crippen molar-refractivity contribution in [3.63, 3.8) is 0 Å². The number of para-hydroxylation sites is 1. The van der Waals surface area contributed by atoms with Crippen LogP contribution in [0.4, 0.5) is 10.1 Å². The van der Waals surface area contributed by atoms with Crippen molar-refractivity contribution in [1.29, 1.82) is 0 Å². The zero-order chi connectivity index (χ0) is 19.4. The number of aromatic nitrogens is 1. The van der Waals surface area contributed by atoms with Crippen molar-refractivity contribution >= 4 is 28.4 Å². The number of hydrogen-bond donors (Lipinski definition) is 2. The molecule has 0 unspecified atom stereocenters. The van der Waals surface area contributed by atoms with Gasteiger partial charge in [-0.25, -0.2) is 4.39 Å². The van der Waals surface area contributed by atoms with Gasteiger partial charge in [-0.1, -0.05) is 30.3 Å². The van der Waals surface area contributed by atoms with E-state index in [9.17, 15) is 14.0 Å². The lowest BCUT2D eigenvalue weighted by Gasteiger charge is -2.23. The van der Waals surface area contributed by atoms with E-state index in [1.165, 1.54) is 12.1 Å². The third kappa shape index (κ3) is 4.11. The molecule has 0 saturated carbocycles. The summed E-state index contributed by atoms with van der Waals surface area (Å²) in [5, 5.41) is 6.42. The zero-order valence-electron chi connectivity index (χ0n) is 15.1. The number of nitrogens with one attached hydrogen (secondary N) is 2. The third-order valence-corrected chi connectivity index (χ3v) is 4.38. The fourth-order valence-electron chi connectivity index (χ4n) is 2.59. The van der Waals surface area contributed by atoms with Crippen LogP contribution in [0.1, 0.15) is 19.4 Å². The van der Waals surface area contributed by atoms with Crippen molar-refractivity contribution < 1.29 is 14.0 Å². The number of anilines is 1. The van der Waals surface area contributed by atoms with Gasteiger partial charge in [0.15, 0.2) is 0 Å². The Bertz CT molecular complexity index is 979. The molecule has 6 heteroatoms. The van der Waals surface area contributed by atoms with E-state index in [-0.39, 0.29) is 12.4 Å². The molecule has 1 aromatic heterocycles. The Hall–Kier alpha value is -3.28. The second kappa shape index (κ2) is 7.53. The van der Waals surface area contributed by atoms with Crippen LogP contribution in [0.5, 0.6) is 0 Å². The lowest BCUT2D eigenvalue weighted by molar-refractivity contribution is -0.138. The standard InChI is InChI=1S/C21H20FN3O2/c1-21(2,19(26)24-13-14-8-10-16(22)11-9-14)20(27)25-17-7-3-5-15-6-4-12-23-18(15)17/h3-12H,13H2,1-2H3,(H,24,26)(H,25,27). The van der Waals surface area contributed by atoms with Gasteiger partial charge in [0.2, 0.25) is 11.8 Å². The minimum Gasteiger partial charge on any atom is -0.351 e. The molecule has 2 aromatic carbocycles. The topological polar surface area (TPSA) is 71.1 Å². The Morgan fingerprint density at radius 1 is 1.00 bits per heavy atom. The second-order valence-corrected chi connectivity index (χ2v) is 6.77. The van der Waals surface area contributed by atoms with Gasteiger partial charge in [-0.3, -0.25) is 14.6 Å². The first-order valence-corrected chi connectivity index (χ1v) is 8.56. The molecule has 138 valence electrons. The normalized spacial score (nSPS) is 11.2. The molecular weight excluding hydrogens is 345 g/mol. The minimum absolute atomic E-state index is 0.214. The van der Waals surface area contributed by atoms with E-state index in [4.69, 9.17) is 0 Å². The number of fused-ring (bicyclic) bond motifs is 1. The van der Waals surface area contributed by atoms with Gasteiger partial charge < -0.3 is 10.6 Å².